The first-order valence-corrected chi connectivity index (χ1v) is 6.49. The van der Waals surface area contributed by atoms with Gasteiger partial charge >= 0.3 is 5.97 Å². The van der Waals surface area contributed by atoms with E-state index >= 15 is 0 Å². The maximum atomic E-state index is 11.9. The summed E-state index contributed by atoms with van der Waals surface area (Å²) in [6.45, 7) is 5.17. The first-order chi connectivity index (χ1) is 9.47. The molecule has 0 aliphatic rings. The number of benzene rings is 1. The zero-order chi connectivity index (χ0) is 15.1. The predicted octanol–water partition coefficient (Wildman–Crippen LogP) is 2.47. The van der Waals surface area contributed by atoms with Crippen LogP contribution in [-0.4, -0.2) is 18.0 Å². The summed E-state index contributed by atoms with van der Waals surface area (Å²) in [5.74, 6) is -0.999. The number of esters is 1. The summed E-state index contributed by atoms with van der Waals surface area (Å²) in [7, 11) is 0. The molecule has 1 rings (SSSR count). The Labute approximate surface area is 118 Å². The fourth-order valence-electron chi connectivity index (χ4n) is 1.38. The molecule has 1 N–H and O–H groups in total. The molecule has 0 bridgehead atoms. The molecule has 0 heterocycles. The highest BCUT2D eigenvalue weighted by Crippen LogP contribution is 2.11. The van der Waals surface area contributed by atoms with Crippen molar-refractivity contribution in [1.29, 1.82) is 5.26 Å². The first-order valence-electron chi connectivity index (χ1n) is 6.49. The number of nitrogens with zero attached hydrogens (tertiary/aromatic N) is 1. The minimum atomic E-state index is -0.854. The second kappa shape index (κ2) is 7.29. The topological polar surface area (TPSA) is 79.2 Å². The van der Waals surface area contributed by atoms with Crippen LogP contribution < -0.4 is 5.32 Å². The Balaban J connectivity index is 2.57. The fraction of sp³-hybridized carbons (Fsp3) is 0.400. The molecule has 0 aliphatic carbocycles. The molecule has 0 saturated carbocycles. The number of carbonyl (C=O) groups is 2. The minimum absolute atomic E-state index is 0.222. The molecule has 0 unspecified atom stereocenters. The van der Waals surface area contributed by atoms with E-state index in [1.807, 2.05) is 13.0 Å². The van der Waals surface area contributed by atoms with Crippen LogP contribution in [0.4, 0.5) is 5.69 Å². The molecule has 1 aromatic carbocycles. The largest absolute Gasteiger partial charge is 0.452 e. The van der Waals surface area contributed by atoms with E-state index in [0.29, 0.717) is 17.7 Å². The maximum absolute atomic E-state index is 11.9. The number of hydrogen-bond acceptors (Lipinski definition) is 4. The number of amides is 1. The predicted molar refractivity (Wildman–Crippen MR) is 74.8 cm³/mol. The highest BCUT2D eigenvalue weighted by Gasteiger charge is 2.20. The minimum Gasteiger partial charge on any atom is -0.452 e. The smallest absolute Gasteiger partial charge is 0.309 e. The van der Waals surface area contributed by atoms with Gasteiger partial charge in [0.25, 0.3) is 5.91 Å². The average molecular weight is 274 g/mol. The van der Waals surface area contributed by atoms with E-state index < -0.39 is 12.0 Å². The van der Waals surface area contributed by atoms with Crippen molar-refractivity contribution in [1.82, 2.24) is 0 Å². The molecule has 0 saturated heterocycles. The number of nitrogens with one attached hydrogen (secondary N) is 1. The fourth-order valence-corrected chi connectivity index (χ4v) is 1.38. The number of nitriles is 1. The highest BCUT2D eigenvalue weighted by molar-refractivity contribution is 5.95. The van der Waals surface area contributed by atoms with E-state index in [-0.39, 0.29) is 11.9 Å². The number of rotatable bonds is 5. The Bertz CT molecular complexity index is 517. The second-order valence-corrected chi connectivity index (χ2v) is 4.57. The zero-order valence-corrected chi connectivity index (χ0v) is 11.8. The van der Waals surface area contributed by atoms with Gasteiger partial charge < -0.3 is 10.1 Å². The molecule has 2 atom stereocenters. The molecule has 5 heteroatoms. The second-order valence-electron chi connectivity index (χ2n) is 4.57. The van der Waals surface area contributed by atoms with Gasteiger partial charge in [0.2, 0.25) is 0 Å². The summed E-state index contributed by atoms with van der Waals surface area (Å²) in [5, 5.41) is 11.3. The van der Waals surface area contributed by atoms with E-state index in [1.165, 1.54) is 6.92 Å². The van der Waals surface area contributed by atoms with Crippen LogP contribution in [0.15, 0.2) is 24.3 Å². The summed E-state index contributed by atoms with van der Waals surface area (Å²) in [4.78, 5) is 23.4. The lowest BCUT2D eigenvalue weighted by atomic mass is 10.1. The molecular formula is C15H18N2O3. The van der Waals surface area contributed by atoms with Crippen LogP contribution in [0, 0.1) is 17.2 Å². The van der Waals surface area contributed by atoms with Crippen LogP contribution in [0.3, 0.4) is 0 Å². The lowest BCUT2D eigenvalue weighted by molar-refractivity contribution is -0.156. The molecular weight excluding hydrogens is 256 g/mol. The molecule has 0 aliphatic heterocycles. The Hall–Kier alpha value is -2.35. The maximum Gasteiger partial charge on any atom is 0.309 e. The van der Waals surface area contributed by atoms with Crippen molar-refractivity contribution >= 4 is 17.6 Å². The van der Waals surface area contributed by atoms with Gasteiger partial charge in [-0.15, -0.1) is 0 Å². The lowest BCUT2D eigenvalue weighted by Gasteiger charge is -2.15. The van der Waals surface area contributed by atoms with Crippen LogP contribution in [0.5, 0.6) is 0 Å². The van der Waals surface area contributed by atoms with Crippen molar-refractivity contribution in [3.63, 3.8) is 0 Å². The van der Waals surface area contributed by atoms with Gasteiger partial charge in [-0.3, -0.25) is 9.59 Å². The van der Waals surface area contributed by atoms with Gasteiger partial charge in [-0.1, -0.05) is 13.8 Å². The molecule has 5 nitrogen and oxygen atoms in total. The Morgan fingerprint density at radius 2 is 1.90 bits per heavy atom. The first kappa shape index (κ1) is 15.7. The van der Waals surface area contributed by atoms with Gasteiger partial charge in [-0.05, 0) is 37.6 Å². The molecule has 0 aromatic heterocycles. The van der Waals surface area contributed by atoms with Crippen LogP contribution >= 0.6 is 0 Å². The van der Waals surface area contributed by atoms with Gasteiger partial charge in [0, 0.05) is 5.69 Å². The monoisotopic (exact) mass is 274 g/mol. The lowest BCUT2D eigenvalue weighted by Crippen LogP contribution is -2.31. The van der Waals surface area contributed by atoms with E-state index in [4.69, 9.17) is 10.00 Å². The summed E-state index contributed by atoms with van der Waals surface area (Å²) in [6, 6.07) is 8.45. The van der Waals surface area contributed by atoms with Crippen molar-refractivity contribution < 1.29 is 14.3 Å². The van der Waals surface area contributed by atoms with Gasteiger partial charge in [0.1, 0.15) is 0 Å². The number of carbonyl (C=O) groups excluding carboxylic acids is 2. The quantitative estimate of drug-likeness (QED) is 0.836. The summed E-state index contributed by atoms with van der Waals surface area (Å²) >= 11 is 0. The van der Waals surface area contributed by atoms with E-state index in [1.54, 1.807) is 31.2 Å². The number of hydrogen-bond donors (Lipinski definition) is 1. The van der Waals surface area contributed by atoms with Crippen molar-refractivity contribution in [2.45, 2.75) is 33.3 Å². The van der Waals surface area contributed by atoms with Crippen LogP contribution in [0.25, 0.3) is 0 Å². The summed E-state index contributed by atoms with van der Waals surface area (Å²) in [6.07, 6.45) is -0.185. The zero-order valence-electron chi connectivity index (χ0n) is 11.8. The van der Waals surface area contributed by atoms with Gasteiger partial charge in [-0.25, -0.2) is 0 Å². The SMILES string of the molecule is CC[C@H](C)C(=O)O[C@H](C)C(=O)Nc1ccc(C#N)cc1. The van der Waals surface area contributed by atoms with Crippen molar-refractivity contribution in [3.05, 3.63) is 29.8 Å². The van der Waals surface area contributed by atoms with Crippen LogP contribution in [-0.2, 0) is 14.3 Å². The Morgan fingerprint density at radius 1 is 1.30 bits per heavy atom. The molecule has 0 fully saturated rings. The molecule has 0 spiro atoms. The van der Waals surface area contributed by atoms with E-state index in [0.717, 1.165) is 0 Å². The summed E-state index contributed by atoms with van der Waals surface area (Å²) in [5.41, 5.74) is 1.07. The molecule has 106 valence electrons. The van der Waals surface area contributed by atoms with Gasteiger partial charge in [0.05, 0.1) is 17.6 Å². The van der Waals surface area contributed by atoms with Crippen LogP contribution in [0.1, 0.15) is 32.8 Å². The molecule has 1 aromatic rings. The summed E-state index contributed by atoms with van der Waals surface area (Å²) < 4.78 is 5.08. The average Bonchev–Trinajstić information content (AvgIpc) is 2.46. The molecule has 0 radical (unpaired) electrons. The number of anilines is 1. The highest BCUT2D eigenvalue weighted by atomic mass is 16.5. The van der Waals surface area contributed by atoms with Gasteiger partial charge in [0.15, 0.2) is 6.10 Å². The van der Waals surface area contributed by atoms with Crippen molar-refractivity contribution in [3.8, 4) is 6.07 Å². The van der Waals surface area contributed by atoms with E-state index in [2.05, 4.69) is 5.32 Å². The third-order valence-electron chi connectivity index (χ3n) is 2.96. The van der Waals surface area contributed by atoms with Crippen LogP contribution in [0.2, 0.25) is 0 Å². The van der Waals surface area contributed by atoms with Crippen molar-refractivity contribution in [2.24, 2.45) is 5.92 Å². The van der Waals surface area contributed by atoms with Crippen molar-refractivity contribution in [2.75, 3.05) is 5.32 Å². The van der Waals surface area contributed by atoms with E-state index in [9.17, 15) is 9.59 Å². The Kier molecular flexibility index (Phi) is 5.73. The molecule has 20 heavy (non-hydrogen) atoms. The third-order valence-corrected chi connectivity index (χ3v) is 2.96. The Morgan fingerprint density at radius 3 is 2.40 bits per heavy atom. The normalized spacial score (nSPS) is 12.9. The standard InChI is InChI=1S/C15H18N2O3/c1-4-10(2)15(19)20-11(3)14(18)17-13-7-5-12(9-16)6-8-13/h5-8,10-11H,4H2,1-3H3,(H,17,18)/t10-,11+/m0/s1. The molecule has 1 amide bonds. The number of ether oxygens (including phenoxy) is 1. The van der Waals surface area contributed by atoms with Gasteiger partial charge in [-0.2, -0.15) is 5.26 Å². The third kappa shape index (κ3) is 4.39.